The SMILES string of the molecule is [2H]c1c([2H])c([2H])c(-c2c([2H])c([2H])c([2H])c([2H])c2-c2c([2H])c([2H])c(N(c3c([2H])c([2H])c(-c4ccc5c(c4)c4ccccc4n5-c4ccc5ccccc5c4)c([2H])c3[2H])c3c([2H])c([2H])c4c(c3[2H])C(C([2H])([2H])[2H])(C([2H])([2H])[2H])c3c([2H])c([2H])c([2H])c([2H])c3-4)c([2H])c2[2H])c([2H])c1[2H]. The summed E-state index contributed by atoms with van der Waals surface area (Å²) >= 11 is 0. The number of hydrogen-bond donors (Lipinski definition) is 0. The van der Waals surface area contributed by atoms with Crippen LogP contribution in [0.25, 0.3) is 82.8 Å². The van der Waals surface area contributed by atoms with Crippen molar-refractivity contribution in [3.05, 3.63) is 241 Å². The van der Waals surface area contributed by atoms with Gasteiger partial charge in [0.1, 0.15) is 0 Å². The van der Waals surface area contributed by atoms with E-state index in [4.69, 9.17) is 24.7 Å². The Balaban J connectivity index is 1.20. The van der Waals surface area contributed by atoms with E-state index in [1.54, 1.807) is 18.2 Å². The summed E-state index contributed by atoms with van der Waals surface area (Å²) in [5.74, 6) is 0. The predicted molar refractivity (Wildman–Crippen MR) is 267 cm³/mol. The Hall–Kier alpha value is -7.94. The second-order valence-corrected chi connectivity index (χ2v) is 14.6. The number of rotatable bonds is 7. The van der Waals surface area contributed by atoms with Gasteiger partial charge in [0.2, 0.25) is 0 Å². The maximum absolute atomic E-state index is 10.2. The fraction of sp³-hybridized carbons (Fsp3) is 0.0492. The molecule has 0 amide bonds. The van der Waals surface area contributed by atoms with Gasteiger partial charge in [-0.25, -0.2) is 0 Å². The molecule has 2 nitrogen and oxygen atoms in total. The van der Waals surface area contributed by atoms with Crippen molar-refractivity contribution in [1.29, 1.82) is 0 Å². The van der Waals surface area contributed by atoms with E-state index in [1.807, 2.05) is 65.2 Å². The first-order valence-corrected chi connectivity index (χ1v) is 19.5. The molecule has 0 aliphatic heterocycles. The van der Waals surface area contributed by atoms with Crippen LogP contribution in [0.1, 0.15) is 66.0 Å². The monoisotopic (exact) mass is 835 g/mol. The molecule has 63 heavy (non-hydrogen) atoms. The number of fused-ring (bicyclic) bond motifs is 7. The van der Waals surface area contributed by atoms with Crippen LogP contribution < -0.4 is 4.90 Å². The molecule has 1 aromatic heterocycles. The lowest BCUT2D eigenvalue weighted by Gasteiger charge is -2.28. The molecule has 1 heterocycles. The standard InChI is InChI=1S/C61H44N2/c1-61(2)57-22-12-10-20-53(57)54-36-35-50(40-58(54)61)62(48-32-27-44(28-33-48)52-19-9-8-18-51(52)43-15-4-3-5-16-43)47-30-24-42(25-31-47)46-29-37-60-56(39-46)55-21-11-13-23-59(55)63(60)49-34-26-41-14-6-7-17-45(41)38-49/h3-40H,1-2H3/i1D3,2D3,3D,4D,5D,8D,9D,10D,12D,15D,16D,18D,19D,20D,22D,24D,25D,27D,28D,30D,31D,32D,33D,35D,36D,40D. The van der Waals surface area contributed by atoms with Crippen LogP contribution in [0.3, 0.4) is 0 Å². The van der Waals surface area contributed by atoms with Gasteiger partial charge in [-0.3, -0.25) is 0 Å². The van der Waals surface area contributed by atoms with Gasteiger partial charge in [0.25, 0.3) is 0 Å². The molecule has 0 spiro atoms. The van der Waals surface area contributed by atoms with Crippen LogP contribution in [0, 0.1) is 0 Å². The minimum Gasteiger partial charge on any atom is -0.310 e. The zero-order chi connectivity index (χ0) is 68.0. The van der Waals surface area contributed by atoms with Crippen molar-refractivity contribution in [3.63, 3.8) is 0 Å². The van der Waals surface area contributed by atoms with E-state index < -0.39 is 226 Å². The molecule has 0 N–H and O–H groups in total. The third-order valence-electron chi connectivity index (χ3n) is 11.0. The molecule has 0 fully saturated rings. The van der Waals surface area contributed by atoms with E-state index in [9.17, 15) is 16.4 Å². The Morgan fingerprint density at radius 1 is 0.429 bits per heavy atom. The molecule has 0 radical (unpaired) electrons. The smallest absolute Gasteiger partial charge is 0.0648 e. The van der Waals surface area contributed by atoms with Gasteiger partial charge in [-0.15, -0.1) is 0 Å². The number of para-hydroxylation sites is 1. The Morgan fingerprint density at radius 2 is 1.03 bits per heavy atom. The molecule has 1 aliphatic rings. The summed E-state index contributed by atoms with van der Waals surface area (Å²) in [4.78, 5) is 0.303. The number of nitrogens with zero attached hydrogens (tertiary/aromatic N) is 2. The van der Waals surface area contributed by atoms with Gasteiger partial charge in [0.05, 0.1) is 43.9 Å². The summed E-state index contributed by atoms with van der Waals surface area (Å²) in [6, 6.07) is -1.25. The van der Waals surface area contributed by atoms with E-state index in [1.165, 1.54) is 6.07 Å². The van der Waals surface area contributed by atoms with Crippen molar-refractivity contribution in [2.45, 2.75) is 19.1 Å². The normalized spacial score (nSPS) is 19.9. The summed E-state index contributed by atoms with van der Waals surface area (Å²) in [6.45, 7) is -7.98. The van der Waals surface area contributed by atoms with E-state index >= 15 is 0 Å². The van der Waals surface area contributed by atoms with Gasteiger partial charge in [0.15, 0.2) is 0 Å². The van der Waals surface area contributed by atoms with Crippen LogP contribution in [0.4, 0.5) is 17.1 Å². The minimum absolute atomic E-state index is 0.0844. The summed E-state index contributed by atoms with van der Waals surface area (Å²) in [6.07, 6.45) is 0. The summed E-state index contributed by atoms with van der Waals surface area (Å²) in [5.41, 5.74) is -13.5. The average molecular weight is 835 g/mol. The quantitative estimate of drug-likeness (QED) is 0.155. The van der Waals surface area contributed by atoms with Crippen LogP contribution in [0.5, 0.6) is 0 Å². The molecule has 0 bridgehead atoms. The molecule has 0 atom stereocenters. The molecule has 1 aliphatic carbocycles. The van der Waals surface area contributed by atoms with Crippen molar-refractivity contribution in [3.8, 4) is 50.2 Å². The first kappa shape index (κ1) is 17.4. The highest BCUT2D eigenvalue weighted by Gasteiger charge is 2.35. The van der Waals surface area contributed by atoms with Gasteiger partial charge in [-0.1, -0.05) is 177 Å². The molecular weight excluding hydrogens is 761 g/mol. The number of anilines is 3. The highest BCUT2D eigenvalue weighted by molar-refractivity contribution is 6.10. The third-order valence-corrected chi connectivity index (χ3v) is 11.0. The molecule has 0 saturated heterocycles. The lowest BCUT2D eigenvalue weighted by Crippen LogP contribution is -2.16. The van der Waals surface area contributed by atoms with Crippen molar-refractivity contribution in [1.82, 2.24) is 4.57 Å². The fourth-order valence-corrected chi connectivity index (χ4v) is 8.11. The van der Waals surface area contributed by atoms with Gasteiger partial charge >= 0.3 is 0 Å². The van der Waals surface area contributed by atoms with Crippen molar-refractivity contribution in [2.75, 3.05) is 4.90 Å². The molecule has 0 unspecified atom stereocenters. The Labute approximate surface area is 410 Å². The van der Waals surface area contributed by atoms with Crippen LogP contribution in [-0.2, 0) is 5.41 Å². The number of hydrogen-bond acceptors (Lipinski definition) is 1. The third kappa shape index (κ3) is 6.09. The molecular formula is C61H44N2. The zero-order valence-electron chi connectivity index (χ0n) is 62.5. The molecule has 12 rings (SSSR count). The highest BCUT2D eigenvalue weighted by atomic mass is 15.1. The van der Waals surface area contributed by atoms with E-state index in [0.717, 1.165) is 22.0 Å². The number of aromatic nitrogens is 1. The van der Waals surface area contributed by atoms with Crippen LogP contribution in [0.15, 0.2) is 230 Å². The first-order chi connectivity index (χ1) is 43.5. The summed E-state index contributed by atoms with van der Waals surface area (Å²) in [7, 11) is 0. The molecule has 10 aromatic carbocycles. The molecule has 2 heteroatoms. The van der Waals surface area contributed by atoms with Crippen molar-refractivity contribution in [2.24, 2.45) is 0 Å². The van der Waals surface area contributed by atoms with Gasteiger partial charge < -0.3 is 9.47 Å². The predicted octanol–water partition coefficient (Wildman–Crippen LogP) is 16.7. The number of benzene rings is 10. The highest BCUT2D eigenvalue weighted by Crippen LogP contribution is 2.51. The summed E-state index contributed by atoms with van der Waals surface area (Å²) in [5, 5.41) is 3.20. The second kappa shape index (κ2) is 14.6. The average Bonchev–Trinajstić information content (AvgIpc) is 1.52. The van der Waals surface area contributed by atoms with Gasteiger partial charge in [-0.2, -0.15) is 0 Å². The topological polar surface area (TPSA) is 8.17 Å². The van der Waals surface area contributed by atoms with E-state index in [0.29, 0.717) is 21.2 Å². The molecule has 11 aromatic rings. The second-order valence-electron chi connectivity index (χ2n) is 14.6. The maximum atomic E-state index is 10.2. The lowest BCUT2D eigenvalue weighted by molar-refractivity contribution is 0.660. The zero-order valence-corrected chi connectivity index (χ0v) is 32.5. The van der Waals surface area contributed by atoms with Crippen LogP contribution in [0.2, 0.25) is 0 Å². The maximum Gasteiger partial charge on any atom is 0.0648 e. The molecule has 0 saturated carbocycles. The summed E-state index contributed by atoms with van der Waals surface area (Å²) < 4.78 is 278. The van der Waals surface area contributed by atoms with Crippen molar-refractivity contribution < 1.29 is 41.1 Å². The van der Waals surface area contributed by atoms with E-state index in [2.05, 4.69) is 0 Å². The molecule has 298 valence electrons. The lowest BCUT2D eigenvalue weighted by atomic mass is 9.82. The van der Waals surface area contributed by atoms with Crippen LogP contribution in [-0.4, -0.2) is 4.57 Å². The van der Waals surface area contributed by atoms with E-state index in [-0.39, 0.29) is 11.1 Å². The van der Waals surface area contributed by atoms with Gasteiger partial charge in [0, 0.05) is 47.2 Å². The Bertz CT molecular complexity index is 5100. The first-order valence-electron chi connectivity index (χ1n) is 34.5. The minimum atomic E-state index is -3.99. The van der Waals surface area contributed by atoms with Crippen LogP contribution >= 0.6 is 0 Å². The Kier molecular flexibility index (Phi) is 4.04. The fourth-order valence-electron chi connectivity index (χ4n) is 8.11. The van der Waals surface area contributed by atoms with Crippen molar-refractivity contribution >= 4 is 49.6 Å². The van der Waals surface area contributed by atoms with Gasteiger partial charge in [-0.05, 0) is 133 Å². The largest absolute Gasteiger partial charge is 0.310 e. The Morgan fingerprint density at radius 3 is 1.79 bits per heavy atom.